The quantitative estimate of drug-likeness (QED) is 0.528. The standard InChI is InChI=1S/C12H22N2O2/c1-6-10(15)13-9-7-11(2,3)14(16)12(4,5)8-9/h6,9,14H,1,7-8H2,2-5H3,(H,13,15). The molecule has 0 aromatic carbocycles. The molecule has 1 amide bonds. The van der Waals surface area contributed by atoms with Gasteiger partial charge in [0.1, 0.15) is 0 Å². The van der Waals surface area contributed by atoms with E-state index >= 15 is 0 Å². The Kier molecular flexibility index (Phi) is 3.45. The molecule has 1 saturated heterocycles. The summed E-state index contributed by atoms with van der Waals surface area (Å²) in [5, 5.41) is 15.3. The van der Waals surface area contributed by atoms with Crippen molar-refractivity contribution in [1.82, 2.24) is 5.32 Å². The van der Waals surface area contributed by atoms with Crippen LogP contribution in [-0.2, 0) is 4.79 Å². The minimum Gasteiger partial charge on any atom is -0.634 e. The van der Waals surface area contributed by atoms with Crippen molar-refractivity contribution < 1.29 is 9.86 Å². The molecule has 16 heavy (non-hydrogen) atoms. The third-order valence-electron chi connectivity index (χ3n) is 3.27. The molecule has 0 aliphatic carbocycles. The van der Waals surface area contributed by atoms with Crippen LogP contribution in [0.4, 0.5) is 0 Å². The van der Waals surface area contributed by atoms with Crippen LogP contribution in [0, 0.1) is 5.21 Å². The predicted molar refractivity (Wildman–Crippen MR) is 63.8 cm³/mol. The smallest absolute Gasteiger partial charge is 0.243 e. The average Bonchev–Trinajstić information content (AvgIpc) is 2.13. The van der Waals surface area contributed by atoms with Crippen molar-refractivity contribution in [1.29, 1.82) is 0 Å². The lowest BCUT2D eigenvalue weighted by Gasteiger charge is -2.54. The van der Waals surface area contributed by atoms with Gasteiger partial charge in [-0.05, 0) is 33.8 Å². The number of hydroxylamine groups is 2. The zero-order valence-corrected chi connectivity index (χ0v) is 10.6. The number of carbonyl (C=O) groups is 1. The summed E-state index contributed by atoms with van der Waals surface area (Å²) in [6, 6.07) is 0.0631. The molecule has 1 aliphatic rings. The molecule has 0 atom stereocenters. The predicted octanol–water partition coefficient (Wildman–Crippen LogP) is 0.391. The minimum atomic E-state index is -0.360. The van der Waals surface area contributed by atoms with Crippen LogP contribution in [0.1, 0.15) is 40.5 Å². The largest absolute Gasteiger partial charge is 0.634 e. The molecule has 4 nitrogen and oxygen atoms in total. The van der Waals surface area contributed by atoms with Crippen molar-refractivity contribution in [3.05, 3.63) is 17.9 Å². The van der Waals surface area contributed by atoms with Gasteiger partial charge < -0.3 is 15.6 Å². The Morgan fingerprint density at radius 2 is 1.81 bits per heavy atom. The highest BCUT2D eigenvalue weighted by Crippen LogP contribution is 2.23. The number of hydrogen-bond acceptors (Lipinski definition) is 2. The summed E-state index contributed by atoms with van der Waals surface area (Å²) in [7, 11) is 0. The van der Waals surface area contributed by atoms with Gasteiger partial charge in [-0.1, -0.05) is 6.58 Å². The van der Waals surface area contributed by atoms with Crippen LogP contribution in [0.3, 0.4) is 0 Å². The average molecular weight is 226 g/mol. The Bertz CT molecular complexity index is 279. The Hall–Kier alpha value is -0.870. The zero-order valence-electron chi connectivity index (χ0n) is 10.6. The molecular formula is C12H22N2O2. The maximum Gasteiger partial charge on any atom is 0.243 e. The topological polar surface area (TPSA) is 56.6 Å². The Morgan fingerprint density at radius 1 is 1.38 bits per heavy atom. The van der Waals surface area contributed by atoms with Gasteiger partial charge in [0.15, 0.2) is 0 Å². The Morgan fingerprint density at radius 3 is 2.19 bits per heavy atom. The molecule has 2 N–H and O–H groups in total. The van der Waals surface area contributed by atoms with Crippen molar-refractivity contribution in [2.24, 2.45) is 0 Å². The van der Waals surface area contributed by atoms with E-state index in [4.69, 9.17) is 0 Å². The fourth-order valence-corrected chi connectivity index (χ4v) is 2.77. The van der Waals surface area contributed by atoms with Gasteiger partial charge in [0, 0.05) is 18.9 Å². The van der Waals surface area contributed by atoms with Crippen molar-refractivity contribution in [2.75, 3.05) is 0 Å². The summed E-state index contributed by atoms with van der Waals surface area (Å²) in [6.07, 6.45) is 2.68. The van der Waals surface area contributed by atoms with E-state index in [2.05, 4.69) is 11.9 Å². The molecule has 1 rings (SSSR count). The lowest BCUT2D eigenvalue weighted by atomic mass is 9.79. The zero-order chi connectivity index (χ0) is 12.6. The Labute approximate surface area is 97.3 Å². The van der Waals surface area contributed by atoms with Crippen LogP contribution in [0.15, 0.2) is 12.7 Å². The summed E-state index contributed by atoms with van der Waals surface area (Å²) in [5.74, 6) is -0.161. The SMILES string of the molecule is C=CC(=O)NC1CC(C)(C)[NH+]([O-])C(C)(C)C1. The highest BCUT2D eigenvalue weighted by Gasteiger charge is 2.45. The van der Waals surface area contributed by atoms with E-state index in [1.54, 1.807) is 0 Å². The van der Waals surface area contributed by atoms with Gasteiger partial charge in [-0.15, -0.1) is 0 Å². The first-order valence-electron chi connectivity index (χ1n) is 5.67. The first-order valence-corrected chi connectivity index (χ1v) is 5.67. The number of carbonyl (C=O) groups excluding carboxylic acids is 1. The fraction of sp³-hybridized carbons (Fsp3) is 0.750. The molecule has 1 aliphatic heterocycles. The number of piperidine rings is 1. The van der Waals surface area contributed by atoms with Crippen LogP contribution < -0.4 is 10.4 Å². The molecule has 0 unspecified atom stereocenters. The first kappa shape index (κ1) is 13.2. The molecule has 0 radical (unpaired) electrons. The van der Waals surface area contributed by atoms with Gasteiger partial charge >= 0.3 is 0 Å². The normalized spacial score (nSPS) is 31.8. The van der Waals surface area contributed by atoms with E-state index < -0.39 is 0 Å². The van der Waals surface area contributed by atoms with Crippen LogP contribution >= 0.6 is 0 Å². The van der Waals surface area contributed by atoms with E-state index in [0.717, 1.165) is 0 Å². The van der Waals surface area contributed by atoms with Gasteiger partial charge in [-0.25, -0.2) is 0 Å². The van der Waals surface area contributed by atoms with Gasteiger partial charge in [-0.2, -0.15) is 0 Å². The van der Waals surface area contributed by atoms with Crippen LogP contribution in [0.25, 0.3) is 0 Å². The molecule has 0 spiro atoms. The van der Waals surface area contributed by atoms with Gasteiger partial charge in [0.25, 0.3) is 0 Å². The molecular weight excluding hydrogens is 204 g/mol. The van der Waals surface area contributed by atoms with E-state index in [9.17, 15) is 10.0 Å². The number of amides is 1. The Balaban J connectivity index is 2.78. The summed E-state index contributed by atoms with van der Waals surface area (Å²) >= 11 is 0. The fourth-order valence-electron chi connectivity index (χ4n) is 2.77. The van der Waals surface area contributed by atoms with Crippen LogP contribution in [-0.4, -0.2) is 23.0 Å². The summed E-state index contributed by atoms with van der Waals surface area (Å²) in [4.78, 5) is 11.3. The summed E-state index contributed by atoms with van der Waals surface area (Å²) in [5.41, 5.74) is -0.721. The number of nitrogens with one attached hydrogen (secondary N) is 2. The van der Waals surface area contributed by atoms with E-state index in [1.165, 1.54) is 6.08 Å². The summed E-state index contributed by atoms with van der Waals surface area (Å²) in [6.45, 7) is 11.2. The minimum absolute atomic E-state index is 0.0631. The van der Waals surface area contributed by atoms with Gasteiger partial charge in [-0.3, -0.25) is 4.79 Å². The highest BCUT2D eigenvalue weighted by atomic mass is 16.5. The molecule has 1 heterocycles. The molecule has 0 aromatic heterocycles. The van der Waals surface area contributed by atoms with Gasteiger partial charge in [0.05, 0.1) is 11.1 Å². The number of rotatable bonds is 2. The lowest BCUT2D eigenvalue weighted by molar-refractivity contribution is -0.955. The first-order chi connectivity index (χ1) is 7.19. The van der Waals surface area contributed by atoms with Gasteiger partial charge in [0.2, 0.25) is 5.91 Å². The third kappa shape index (κ3) is 2.62. The van der Waals surface area contributed by atoms with E-state index in [0.29, 0.717) is 12.8 Å². The maximum atomic E-state index is 12.1. The molecule has 92 valence electrons. The third-order valence-corrected chi connectivity index (χ3v) is 3.27. The molecule has 0 aromatic rings. The van der Waals surface area contributed by atoms with Crippen LogP contribution in [0.5, 0.6) is 0 Å². The second-order valence-corrected chi connectivity index (χ2v) is 5.91. The monoisotopic (exact) mass is 226 g/mol. The van der Waals surface area contributed by atoms with E-state index in [-0.39, 0.29) is 28.1 Å². The molecule has 0 bridgehead atoms. The van der Waals surface area contributed by atoms with E-state index in [1.807, 2.05) is 27.7 Å². The number of quaternary nitrogens is 1. The van der Waals surface area contributed by atoms with Crippen molar-refractivity contribution >= 4 is 5.91 Å². The highest BCUT2D eigenvalue weighted by molar-refractivity contribution is 5.87. The summed E-state index contributed by atoms with van der Waals surface area (Å²) < 4.78 is 0. The number of hydrogen-bond donors (Lipinski definition) is 2. The second-order valence-electron chi connectivity index (χ2n) is 5.91. The van der Waals surface area contributed by atoms with Crippen molar-refractivity contribution in [3.63, 3.8) is 0 Å². The van der Waals surface area contributed by atoms with Crippen molar-refractivity contribution in [3.8, 4) is 0 Å². The maximum absolute atomic E-state index is 12.1. The molecule has 0 saturated carbocycles. The van der Waals surface area contributed by atoms with Crippen LogP contribution in [0.2, 0.25) is 0 Å². The van der Waals surface area contributed by atoms with Crippen molar-refractivity contribution in [2.45, 2.75) is 57.7 Å². The molecule has 1 fully saturated rings. The second kappa shape index (κ2) is 4.18. The lowest BCUT2D eigenvalue weighted by Crippen LogP contribution is -3.23. The molecule has 4 heteroatoms.